The number of rotatable bonds is 9. The lowest BCUT2D eigenvalue weighted by molar-refractivity contribution is -0.342. The van der Waals surface area contributed by atoms with E-state index in [0.29, 0.717) is 0 Å². The Morgan fingerprint density at radius 2 is 1.48 bits per heavy atom. The minimum absolute atomic E-state index is 0.0938. The highest BCUT2D eigenvalue weighted by Gasteiger charge is 2.76. The predicted octanol–water partition coefficient (Wildman–Crippen LogP) is 4.55. The lowest BCUT2D eigenvalue weighted by Crippen LogP contribution is -2.87. The number of aliphatic hydroxyl groups is 2. The minimum atomic E-state index is -2.63. The second-order valence-electron chi connectivity index (χ2n) is 14.6. The van der Waals surface area contributed by atoms with E-state index in [1.807, 2.05) is 82.7 Å². The van der Waals surface area contributed by atoms with Crippen molar-refractivity contribution >= 4 is 30.9 Å². The lowest BCUT2D eigenvalue weighted by atomic mass is 9.62. The van der Waals surface area contributed by atoms with Gasteiger partial charge in [0.25, 0.3) is 0 Å². The average molecular weight is 609 g/mol. The van der Waals surface area contributed by atoms with Crippen molar-refractivity contribution in [3.63, 3.8) is 0 Å². The number of benzene rings is 1. The van der Waals surface area contributed by atoms with Gasteiger partial charge in [0.1, 0.15) is 42.6 Å². The van der Waals surface area contributed by atoms with Crippen LogP contribution in [0.3, 0.4) is 0 Å². The molecule has 1 aliphatic carbocycles. The van der Waals surface area contributed by atoms with Gasteiger partial charge in [-0.05, 0) is 63.0 Å². The van der Waals surface area contributed by atoms with Gasteiger partial charge in [0.2, 0.25) is 11.5 Å². The fraction of sp³-hybridized carbons (Fsp3) is 0.714. The Hall–Kier alpha value is -1.41. The number of amides is 1. The number of hydrogen-bond acceptors (Lipinski definition) is 8. The Kier molecular flexibility index (Phi) is 9.12. The molecule has 2 N–H and O–H groups in total. The van der Waals surface area contributed by atoms with Crippen LogP contribution in [0.15, 0.2) is 30.3 Å². The SMILES string of the molecule is CC(C)(C)[Si](C)(C)O[C@H]1[C@@H](O[Si](C)(C)C)[C@@]2(CC(=O)N2OCc2ccccc2)[C@H](O)[C@H](O[Si](C)(C)C)[C@]1(O)C#N. The van der Waals surface area contributed by atoms with Crippen molar-refractivity contribution in [2.75, 3.05) is 0 Å². The van der Waals surface area contributed by atoms with E-state index in [1.165, 1.54) is 5.06 Å². The van der Waals surface area contributed by atoms with Gasteiger partial charge in [-0.3, -0.25) is 9.63 Å². The summed E-state index contributed by atoms with van der Waals surface area (Å²) in [6, 6.07) is 11.5. The van der Waals surface area contributed by atoms with E-state index in [1.54, 1.807) is 0 Å². The minimum Gasteiger partial charge on any atom is -0.409 e. The normalized spacial score (nSPS) is 31.7. The zero-order valence-electron chi connectivity index (χ0n) is 25.9. The molecule has 0 bridgehead atoms. The molecular formula is C28H48N2O7Si3. The quantitative estimate of drug-likeness (QED) is 0.238. The number of nitrogens with zero attached hydrogens (tertiary/aromatic N) is 2. The van der Waals surface area contributed by atoms with Gasteiger partial charge < -0.3 is 23.5 Å². The van der Waals surface area contributed by atoms with Crippen LogP contribution in [-0.4, -0.2) is 81.7 Å². The maximum Gasteiger partial charge on any atom is 0.249 e. The maximum atomic E-state index is 13.2. The van der Waals surface area contributed by atoms with Crippen molar-refractivity contribution < 1.29 is 33.1 Å². The summed E-state index contributed by atoms with van der Waals surface area (Å²) < 4.78 is 20.0. The summed E-state index contributed by atoms with van der Waals surface area (Å²) in [5.41, 5.74) is -2.82. The van der Waals surface area contributed by atoms with Crippen LogP contribution >= 0.6 is 0 Å². The zero-order valence-corrected chi connectivity index (χ0v) is 28.9. The molecule has 1 aromatic carbocycles. The maximum absolute atomic E-state index is 13.2. The third-order valence-corrected chi connectivity index (χ3v) is 14.4. The van der Waals surface area contributed by atoms with Crippen molar-refractivity contribution in [2.45, 2.75) is 127 Å². The summed E-state index contributed by atoms with van der Waals surface area (Å²) in [6.07, 6.45) is -5.16. The van der Waals surface area contributed by atoms with Gasteiger partial charge in [-0.1, -0.05) is 51.1 Å². The molecule has 6 atom stereocenters. The van der Waals surface area contributed by atoms with Crippen molar-refractivity contribution in [3.05, 3.63) is 35.9 Å². The molecule has 12 heteroatoms. The molecule has 0 radical (unpaired) electrons. The molecule has 40 heavy (non-hydrogen) atoms. The molecular weight excluding hydrogens is 561 g/mol. The Morgan fingerprint density at radius 3 is 1.93 bits per heavy atom. The largest absolute Gasteiger partial charge is 0.409 e. The third kappa shape index (κ3) is 6.33. The lowest BCUT2D eigenvalue weighted by Gasteiger charge is -2.65. The Bertz CT molecular complexity index is 1110. The van der Waals surface area contributed by atoms with E-state index in [9.17, 15) is 20.3 Å². The van der Waals surface area contributed by atoms with Crippen molar-refractivity contribution in [1.29, 1.82) is 5.26 Å². The predicted molar refractivity (Wildman–Crippen MR) is 161 cm³/mol. The number of nitriles is 1. The Balaban J connectivity index is 2.23. The highest BCUT2D eigenvalue weighted by Crippen LogP contribution is 2.53. The number of hydroxylamine groups is 2. The van der Waals surface area contributed by atoms with E-state index < -0.39 is 60.5 Å². The number of aliphatic hydroxyl groups excluding tert-OH is 1. The summed E-state index contributed by atoms with van der Waals surface area (Å²) in [7, 11) is -7.48. The van der Waals surface area contributed by atoms with Crippen LogP contribution in [0.1, 0.15) is 32.8 Å². The molecule has 3 rings (SSSR count). The topological polar surface area (TPSA) is 121 Å². The molecule has 1 amide bonds. The van der Waals surface area contributed by atoms with Gasteiger partial charge >= 0.3 is 0 Å². The number of hydrogen-bond donors (Lipinski definition) is 2. The molecule has 0 unspecified atom stereocenters. The highest BCUT2D eigenvalue weighted by atomic mass is 28.4. The Morgan fingerprint density at radius 1 is 0.950 bits per heavy atom. The van der Waals surface area contributed by atoms with Crippen LogP contribution < -0.4 is 0 Å². The van der Waals surface area contributed by atoms with E-state index in [2.05, 4.69) is 26.8 Å². The average Bonchev–Trinajstić information content (AvgIpc) is 2.80. The van der Waals surface area contributed by atoms with Crippen LogP contribution in [0.25, 0.3) is 0 Å². The van der Waals surface area contributed by atoms with E-state index in [4.69, 9.17) is 18.1 Å². The van der Waals surface area contributed by atoms with Gasteiger partial charge in [-0.25, -0.2) is 5.06 Å². The van der Waals surface area contributed by atoms with Gasteiger partial charge in [0.05, 0.1) is 6.42 Å². The first-order chi connectivity index (χ1) is 18.1. The summed E-state index contributed by atoms with van der Waals surface area (Å²) in [5.74, 6) is -0.320. The number of β-lactam (4-membered cyclic amide) rings is 1. The summed E-state index contributed by atoms with van der Waals surface area (Å²) in [6.45, 7) is 22.1. The van der Waals surface area contributed by atoms with Crippen molar-refractivity contribution in [1.82, 2.24) is 5.06 Å². The summed E-state index contributed by atoms with van der Waals surface area (Å²) in [5, 5.41) is 35.8. The second kappa shape index (κ2) is 11.0. The number of carbonyl (C=O) groups is 1. The molecule has 1 heterocycles. The van der Waals surface area contributed by atoms with Crippen LogP contribution in [0.4, 0.5) is 0 Å². The summed E-state index contributed by atoms with van der Waals surface area (Å²) >= 11 is 0. The van der Waals surface area contributed by atoms with E-state index in [0.717, 1.165) is 5.56 Å². The van der Waals surface area contributed by atoms with Gasteiger partial charge in [0.15, 0.2) is 25.0 Å². The molecule has 2 aliphatic rings. The highest BCUT2D eigenvalue weighted by molar-refractivity contribution is 6.74. The zero-order chi connectivity index (χ0) is 30.5. The molecule has 1 saturated carbocycles. The van der Waals surface area contributed by atoms with Crippen LogP contribution in [-0.2, 0) is 29.5 Å². The molecule has 1 aromatic rings. The van der Waals surface area contributed by atoms with E-state index >= 15 is 0 Å². The fourth-order valence-corrected chi connectivity index (χ4v) is 8.50. The second-order valence-corrected chi connectivity index (χ2v) is 28.3. The molecule has 224 valence electrons. The Labute approximate surface area is 242 Å². The third-order valence-electron chi connectivity index (χ3n) is 8.04. The fourth-order valence-electron chi connectivity index (χ4n) is 5.05. The van der Waals surface area contributed by atoms with Gasteiger partial charge in [0, 0.05) is 0 Å². The van der Waals surface area contributed by atoms with Crippen molar-refractivity contribution in [2.24, 2.45) is 0 Å². The first-order valence-corrected chi connectivity index (χ1v) is 23.7. The first-order valence-electron chi connectivity index (χ1n) is 13.9. The molecule has 1 spiro atoms. The molecule has 1 saturated heterocycles. The van der Waals surface area contributed by atoms with Crippen molar-refractivity contribution in [3.8, 4) is 6.07 Å². The number of carbonyl (C=O) groups excluding carboxylic acids is 1. The summed E-state index contributed by atoms with van der Waals surface area (Å²) in [4.78, 5) is 19.3. The van der Waals surface area contributed by atoms with Crippen LogP contribution in [0, 0.1) is 11.3 Å². The van der Waals surface area contributed by atoms with Crippen LogP contribution in [0.2, 0.25) is 57.4 Å². The molecule has 9 nitrogen and oxygen atoms in total. The smallest absolute Gasteiger partial charge is 0.249 e. The molecule has 0 aromatic heterocycles. The van der Waals surface area contributed by atoms with Crippen LogP contribution in [0.5, 0.6) is 0 Å². The standard InChI is InChI=1S/C28H48N2O7Si3/c1-26(2,3)40(10,11)37-25-24(36-39(7,8)9)27(22(32)23(28(25,33)19-29)35-38(4,5)6)17-21(31)30(27)34-18-20-15-13-12-14-16-20/h12-16,22-25,32-33H,17-18H2,1-11H3/t22-,23+,24-,25+,27-,28-/m1/s1. The van der Waals surface area contributed by atoms with E-state index in [-0.39, 0.29) is 24.0 Å². The monoisotopic (exact) mass is 608 g/mol. The molecule has 1 aliphatic heterocycles. The van der Waals surface area contributed by atoms with Gasteiger partial charge in [-0.2, -0.15) is 5.26 Å². The van der Waals surface area contributed by atoms with Gasteiger partial charge in [-0.15, -0.1) is 0 Å². The molecule has 2 fully saturated rings. The first kappa shape index (κ1) is 33.1.